The van der Waals surface area contributed by atoms with Crippen LogP contribution in [0.4, 0.5) is 5.82 Å². The number of nitrogens with two attached hydrogens (primary N) is 1. The lowest BCUT2D eigenvalue weighted by atomic mass is 10.1. The highest BCUT2D eigenvalue weighted by Gasteiger charge is 2.20. The number of hydrogen-bond acceptors (Lipinski definition) is 4. The van der Waals surface area contributed by atoms with Gasteiger partial charge >= 0.3 is 0 Å². The first-order valence-corrected chi connectivity index (χ1v) is 6.90. The van der Waals surface area contributed by atoms with Gasteiger partial charge in [0.25, 0.3) is 0 Å². The van der Waals surface area contributed by atoms with E-state index in [0.717, 1.165) is 30.9 Å². The maximum atomic E-state index is 5.77. The zero-order valence-corrected chi connectivity index (χ0v) is 12.1. The molecule has 2 N–H and O–H groups in total. The molecule has 0 aliphatic rings. The van der Waals surface area contributed by atoms with Gasteiger partial charge in [-0.3, -0.25) is 4.98 Å². The van der Waals surface area contributed by atoms with Gasteiger partial charge in [-0.15, -0.1) is 0 Å². The fourth-order valence-corrected chi connectivity index (χ4v) is 2.27. The van der Waals surface area contributed by atoms with Crippen LogP contribution in [0.25, 0.3) is 0 Å². The Hall–Kier alpha value is -1.16. The molecule has 0 unspecified atom stereocenters. The molecule has 0 saturated heterocycles. The van der Waals surface area contributed by atoms with Crippen LogP contribution < -0.4 is 10.6 Å². The standard InChI is InChI=1S/C14H26N4/c1-5-12(6-2)18(10-11(3)4)14-13(9-15)16-7-8-17-14/h7-8,11-12H,5-6,9-10,15H2,1-4H3. The van der Waals surface area contributed by atoms with E-state index in [1.807, 2.05) is 0 Å². The van der Waals surface area contributed by atoms with Gasteiger partial charge in [-0.25, -0.2) is 4.98 Å². The third-order valence-electron chi connectivity index (χ3n) is 3.16. The molecule has 1 heterocycles. The van der Waals surface area contributed by atoms with Crippen LogP contribution in [0.5, 0.6) is 0 Å². The second-order valence-corrected chi connectivity index (χ2v) is 5.05. The van der Waals surface area contributed by atoms with Crippen LogP contribution in [0.1, 0.15) is 46.2 Å². The van der Waals surface area contributed by atoms with Gasteiger partial charge in [-0.2, -0.15) is 0 Å². The van der Waals surface area contributed by atoms with Crippen molar-refractivity contribution < 1.29 is 0 Å². The summed E-state index contributed by atoms with van der Waals surface area (Å²) in [6.45, 7) is 10.3. The maximum Gasteiger partial charge on any atom is 0.151 e. The lowest BCUT2D eigenvalue weighted by Gasteiger charge is -2.33. The Morgan fingerprint density at radius 2 is 1.78 bits per heavy atom. The number of nitrogens with zero attached hydrogens (tertiary/aromatic N) is 3. The minimum atomic E-state index is 0.442. The van der Waals surface area contributed by atoms with Crippen molar-refractivity contribution in [3.63, 3.8) is 0 Å². The molecular weight excluding hydrogens is 224 g/mol. The first-order valence-electron chi connectivity index (χ1n) is 6.90. The van der Waals surface area contributed by atoms with Gasteiger partial charge in [-0.1, -0.05) is 27.7 Å². The number of rotatable bonds is 7. The Morgan fingerprint density at radius 1 is 1.17 bits per heavy atom. The van der Waals surface area contributed by atoms with E-state index in [1.165, 1.54) is 0 Å². The molecule has 4 nitrogen and oxygen atoms in total. The molecule has 0 aromatic carbocycles. The molecular formula is C14H26N4. The molecule has 1 rings (SSSR count). The minimum Gasteiger partial charge on any atom is -0.352 e. The van der Waals surface area contributed by atoms with Crippen molar-refractivity contribution in [2.24, 2.45) is 11.7 Å². The average molecular weight is 250 g/mol. The van der Waals surface area contributed by atoms with Gasteiger partial charge in [0.2, 0.25) is 0 Å². The first-order chi connectivity index (χ1) is 8.63. The first kappa shape index (κ1) is 14.9. The smallest absolute Gasteiger partial charge is 0.151 e. The summed E-state index contributed by atoms with van der Waals surface area (Å²) in [5.41, 5.74) is 6.67. The lowest BCUT2D eigenvalue weighted by molar-refractivity contribution is 0.501. The number of anilines is 1. The molecule has 18 heavy (non-hydrogen) atoms. The lowest BCUT2D eigenvalue weighted by Crippen LogP contribution is -2.39. The van der Waals surface area contributed by atoms with Gasteiger partial charge in [0, 0.05) is 31.5 Å². The molecule has 0 atom stereocenters. The van der Waals surface area contributed by atoms with E-state index in [2.05, 4.69) is 42.6 Å². The highest BCUT2D eigenvalue weighted by atomic mass is 15.2. The molecule has 102 valence electrons. The van der Waals surface area contributed by atoms with Crippen molar-refractivity contribution >= 4 is 5.82 Å². The summed E-state index contributed by atoms with van der Waals surface area (Å²) in [5, 5.41) is 0. The molecule has 0 aliphatic heterocycles. The Kier molecular flexibility index (Phi) is 6.05. The Labute approximate surface area is 111 Å². The minimum absolute atomic E-state index is 0.442. The zero-order chi connectivity index (χ0) is 13.5. The van der Waals surface area contributed by atoms with Crippen molar-refractivity contribution in [1.29, 1.82) is 0 Å². The van der Waals surface area contributed by atoms with Crippen LogP contribution in [0.2, 0.25) is 0 Å². The Balaban J connectivity index is 3.07. The van der Waals surface area contributed by atoms with Crippen molar-refractivity contribution in [3.05, 3.63) is 18.1 Å². The van der Waals surface area contributed by atoms with Gasteiger partial charge in [-0.05, 0) is 18.8 Å². The van der Waals surface area contributed by atoms with Crippen LogP contribution in [-0.2, 0) is 6.54 Å². The van der Waals surface area contributed by atoms with Crippen LogP contribution in [-0.4, -0.2) is 22.6 Å². The SMILES string of the molecule is CCC(CC)N(CC(C)C)c1nccnc1CN. The third kappa shape index (κ3) is 3.67. The summed E-state index contributed by atoms with van der Waals surface area (Å²) >= 11 is 0. The summed E-state index contributed by atoms with van der Waals surface area (Å²) < 4.78 is 0. The highest BCUT2D eigenvalue weighted by Crippen LogP contribution is 2.22. The Morgan fingerprint density at radius 3 is 2.28 bits per heavy atom. The van der Waals surface area contributed by atoms with Gasteiger partial charge < -0.3 is 10.6 Å². The monoisotopic (exact) mass is 250 g/mol. The van der Waals surface area contributed by atoms with E-state index in [-0.39, 0.29) is 0 Å². The molecule has 0 fully saturated rings. The summed E-state index contributed by atoms with van der Waals surface area (Å²) in [6, 6.07) is 0.509. The van der Waals surface area contributed by atoms with Gasteiger partial charge in [0.1, 0.15) is 0 Å². The predicted molar refractivity (Wildman–Crippen MR) is 76.5 cm³/mol. The molecule has 0 amide bonds. The van der Waals surface area contributed by atoms with Crippen LogP contribution in [0, 0.1) is 5.92 Å². The quantitative estimate of drug-likeness (QED) is 0.808. The third-order valence-corrected chi connectivity index (χ3v) is 3.16. The van der Waals surface area contributed by atoms with Crippen molar-refractivity contribution in [1.82, 2.24) is 9.97 Å². The van der Waals surface area contributed by atoms with E-state index in [9.17, 15) is 0 Å². The fourth-order valence-electron chi connectivity index (χ4n) is 2.27. The molecule has 0 radical (unpaired) electrons. The van der Waals surface area contributed by atoms with Crippen LogP contribution in [0.15, 0.2) is 12.4 Å². The van der Waals surface area contributed by atoms with Crippen LogP contribution in [0.3, 0.4) is 0 Å². The topological polar surface area (TPSA) is 55.0 Å². The second kappa shape index (κ2) is 7.31. The maximum absolute atomic E-state index is 5.77. The van der Waals surface area contributed by atoms with Crippen molar-refractivity contribution in [2.45, 2.75) is 53.1 Å². The van der Waals surface area contributed by atoms with Crippen molar-refractivity contribution in [2.75, 3.05) is 11.4 Å². The highest BCUT2D eigenvalue weighted by molar-refractivity contribution is 5.44. The van der Waals surface area contributed by atoms with E-state index < -0.39 is 0 Å². The van der Waals surface area contributed by atoms with E-state index in [4.69, 9.17) is 5.73 Å². The summed E-state index contributed by atoms with van der Waals surface area (Å²) in [7, 11) is 0. The largest absolute Gasteiger partial charge is 0.352 e. The molecule has 4 heteroatoms. The Bertz CT molecular complexity index is 347. The second-order valence-electron chi connectivity index (χ2n) is 5.05. The summed E-state index contributed by atoms with van der Waals surface area (Å²) in [4.78, 5) is 11.2. The molecule has 0 spiro atoms. The predicted octanol–water partition coefficient (Wildman–Crippen LogP) is 2.59. The molecule has 1 aromatic heterocycles. The molecule has 1 aromatic rings. The van der Waals surface area contributed by atoms with E-state index >= 15 is 0 Å². The van der Waals surface area contributed by atoms with E-state index in [0.29, 0.717) is 18.5 Å². The van der Waals surface area contributed by atoms with E-state index in [1.54, 1.807) is 12.4 Å². The van der Waals surface area contributed by atoms with Gasteiger partial charge in [0.15, 0.2) is 5.82 Å². The number of aromatic nitrogens is 2. The fraction of sp³-hybridized carbons (Fsp3) is 0.714. The average Bonchev–Trinajstić information content (AvgIpc) is 2.38. The normalized spacial score (nSPS) is 11.3. The summed E-state index contributed by atoms with van der Waals surface area (Å²) in [6.07, 6.45) is 5.70. The van der Waals surface area contributed by atoms with Crippen LogP contribution >= 0.6 is 0 Å². The summed E-state index contributed by atoms with van der Waals surface area (Å²) in [5.74, 6) is 1.56. The van der Waals surface area contributed by atoms with Crippen molar-refractivity contribution in [3.8, 4) is 0 Å². The molecule has 0 bridgehead atoms. The number of hydrogen-bond donors (Lipinski definition) is 1. The van der Waals surface area contributed by atoms with Gasteiger partial charge in [0.05, 0.1) is 5.69 Å². The zero-order valence-electron chi connectivity index (χ0n) is 12.1. The molecule has 0 saturated carbocycles. The molecule has 0 aliphatic carbocycles.